The lowest BCUT2D eigenvalue weighted by Crippen LogP contribution is -1.90. The molecule has 0 atom stereocenters. The number of aromatic nitrogens is 8. The van der Waals surface area contributed by atoms with E-state index in [1.807, 2.05) is 94.1 Å². The van der Waals surface area contributed by atoms with Crippen molar-refractivity contribution in [2.45, 2.75) is 300 Å². The predicted octanol–water partition coefficient (Wildman–Crippen LogP) is 28.2. The Morgan fingerprint density at radius 2 is 0.375 bits per heavy atom. The summed E-state index contributed by atoms with van der Waals surface area (Å²) >= 11 is 16.1. The van der Waals surface area contributed by atoms with E-state index in [0.29, 0.717) is 23.3 Å². The van der Waals surface area contributed by atoms with Crippen molar-refractivity contribution in [3.8, 4) is 45.6 Å². The Bertz CT molecular complexity index is 3230. The second-order valence-electron chi connectivity index (χ2n) is 26.3. The summed E-state index contributed by atoms with van der Waals surface area (Å²) in [7, 11) is 0. The highest BCUT2D eigenvalue weighted by molar-refractivity contribution is 8.03. The summed E-state index contributed by atoms with van der Waals surface area (Å²) in [5.41, 5.74) is 7.24. The first kappa shape index (κ1) is 77.2. The van der Waals surface area contributed by atoms with Gasteiger partial charge in [0, 0.05) is 83.0 Å². The number of thioether (sulfide) groups is 8. The fourth-order valence-corrected chi connectivity index (χ4v) is 21.6. The number of fused-ring (bicyclic) bond motifs is 20. The molecule has 5 heterocycles. The van der Waals surface area contributed by atoms with Crippen LogP contribution in [0.1, 0.15) is 261 Å². The van der Waals surface area contributed by atoms with E-state index in [0.717, 1.165) is 112 Å². The Hall–Kier alpha value is -2.96. The van der Waals surface area contributed by atoms with Gasteiger partial charge in [0.1, 0.15) is 22.6 Å². The van der Waals surface area contributed by atoms with Crippen LogP contribution in [0.25, 0.3) is 89.7 Å². The van der Waals surface area contributed by atoms with E-state index in [2.05, 4.69) is 114 Å². The molecule has 3 aromatic heterocycles. The van der Waals surface area contributed by atoms with Crippen LogP contribution >= 0.6 is 94.1 Å². The van der Waals surface area contributed by atoms with Crippen molar-refractivity contribution >= 4 is 138 Å². The van der Waals surface area contributed by atoms with E-state index in [1.54, 1.807) is 0 Å². The standard InChI is InChI=1S/C80H114N8S8/c1-9-17-25-33-41-89-65-49-57-58(50-66(65)90-42-34-26-18-10-2)74-81-73(57)85-75-59-51-67(91-43-35-27-19-11-3)68(92-44-36-28-20-12-4)52-60(59)77(82-75)87-79-63-55-71(95-47-39-31-23-15-7)72(96-48-40-32-24-16-8)56-64(63)80(84-79)88-78-62-54-70(94-46-38-30-22-14-6)69(93-45-37-29-21-13-5)53-61(62)76(83-78)86-74/h49-56H,9-48H2,1-8H3,(H2,81,82,83,84,85,86,87,88). The van der Waals surface area contributed by atoms with Gasteiger partial charge in [-0.15, -0.1) is 94.1 Å². The molecule has 2 aliphatic rings. The summed E-state index contributed by atoms with van der Waals surface area (Å²) in [5, 5.41) is 4.25. The fraction of sp³-hybridized carbons (Fsp3) is 0.600. The first-order valence-electron chi connectivity index (χ1n) is 37.9. The molecule has 0 aliphatic carbocycles. The maximum atomic E-state index is 5.80. The number of benzene rings is 4. The van der Waals surface area contributed by atoms with Gasteiger partial charge in [-0.3, -0.25) is 0 Å². The van der Waals surface area contributed by atoms with Crippen molar-refractivity contribution in [2.24, 2.45) is 0 Å². The molecule has 4 aromatic carbocycles. The van der Waals surface area contributed by atoms with Crippen molar-refractivity contribution in [2.75, 3.05) is 46.0 Å². The highest BCUT2D eigenvalue weighted by atomic mass is 32.2. The molecule has 0 saturated heterocycles. The maximum Gasteiger partial charge on any atom is 0.164 e. The van der Waals surface area contributed by atoms with Crippen LogP contribution in [0.15, 0.2) is 87.7 Å². The number of unbranched alkanes of at least 4 members (excludes halogenated alkanes) is 24. The zero-order chi connectivity index (χ0) is 67.1. The number of nitrogens with one attached hydrogen (secondary N) is 2. The monoisotopic (exact) mass is 1440 g/mol. The molecule has 0 radical (unpaired) electrons. The van der Waals surface area contributed by atoms with Crippen LogP contribution in [-0.4, -0.2) is 85.9 Å². The summed E-state index contributed by atoms with van der Waals surface area (Å²) in [6.45, 7) is 18.5. The van der Waals surface area contributed by atoms with Crippen LogP contribution < -0.4 is 0 Å². The molecule has 8 nitrogen and oxygen atoms in total. The van der Waals surface area contributed by atoms with Crippen LogP contribution in [0.2, 0.25) is 0 Å². The third-order valence-electron chi connectivity index (χ3n) is 18.1. The van der Waals surface area contributed by atoms with Crippen LogP contribution in [0.5, 0.6) is 0 Å². The van der Waals surface area contributed by atoms with Gasteiger partial charge < -0.3 is 9.97 Å². The van der Waals surface area contributed by atoms with E-state index in [9.17, 15) is 0 Å². The van der Waals surface area contributed by atoms with Gasteiger partial charge in [-0.2, -0.15) is 0 Å². The summed E-state index contributed by atoms with van der Waals surface area (Å²) in [4.78, 5) is 53.0. The molecule has 16 heteroatoms. The minimum Gasteiger partial charge on any atom is -0.324 e. The summed E-state index contributed by atoms with van der Waals surface area (Å²) in [6, 6.07) is 19.5. The molecule has 2 aliphatic heterocycles. The molecule has 0 unspecified atom stereocenters. The maximum absolute atomic E-state index is 5.80. The SMILES string of the molecule is CCCCCCSc1cc2c(cc1SCCCCCC)-c1nc-2nc2[nH]c(nc3nc(nc4[nH]c(n1)c1cc(SCCCCCC)c(SCCCCCC)cc41)-c1cc(SCCCCCC)c(SCCCCCC)cc1-3)c1cc(SCCCCCC)c(SCCCCCC)cc21. The Morgan fingerprint density at radius 3 is 0.542 bits per heavy atom. The number of hydrogen-bond acceptors (Lipinski definition) is 14. The van der Waals surface area contributed by atoms with Gasteiger partial charge in [0.2, 0.25) is 0 Å². The second kappa shape index (κ2) is 43.1. The number of hydrogen-bond donors (Lipinski definition) is 2. The predicted molar refractivity (Wildman–Crippen MR) is 435 cm³/mol. The minimum absolute atomic E-state index is 0.686. The Balaban J connectivity index is 1.36. The summed E-state index contributed by atoms with van der Waals surface area (Å²) in [5.74, 6) is 11.4. The van der Waals surface area contributed by atoms with Gasteiger partial charge in [0.05, 0.1) is 0 Å². The third kappa shape index (κ3) is 22.5. The lowest BCUT2D eigenvalue weighted by molar-refractivity contribution is 0.706. The molecular weight excluding hydrogens is 1330 g/mol. The first-order chi connectivity index (χ1) is 47.3. The van der Waals surface area contributed by atoms with E-state index >= 15 is 0 Å². The Labute approximate surface area is 613 Å². The molecule has 9 rings (SSSR count). The van der Waals surface area contributed by atoms with Crippen molar-refractivity contribution in [1.29, 1.82) is 0 Å². The summed E-state index contributed by atoms with van der Waals surface area (Å²) < 4.78 is 0. The molecule has 0 spiro atoms. The molecule has 96 heavy (non-hydrogen) atoms. The van der Waals surface area contributed by atoms with Crippen molar-refractivity contribution in [3.05, 3.63) is 48.5 Å². The van der Waals surface area contributed by atoms with E-state index in [1.165, 1.54) is 245 Å². The molecule has 8 bridgehead atoms. The van der Waals surface area contributed by atoms with E-state index < -0.39 is 0 Å². The van der Waals surface area contributed by atoms with Crippen molar-refractivity contribution < 1.29 is 0 Å². The van der Waals surface area contributed by atoms with E-state index in [-0.39, 0.29) is 0 Å². The highest BCUT2D eigenvalue weighted by Gasteiger charge is 2.27. The average molecular weight is 1440 g/mol. The minimum atomic E-state index is 0.686. The van der Waals surface area contributed by atoms with Crippen LogP contribution in [0.4, 0.5) is 0 Å². The van der Waals surface area contributed by atoms with Gasteiger partial charge in [0.15, 0.2) is 23.3 Å². The zero-order valence-corrected chi connectivity index (χ0v) is 66.4. The Kier molecular flexibility index (Phi) is 34.7. The quantitative estimate of drug-likeness (QED) is 0.0279. The van der Waals surface area contributed by atoms with E-state index in [4.69, 9.17) is 29.9 Å². The van der Waals surface area contributed by atoms with Gasteiger partial charge >= 0.3 is 0 Å². The summed E-state index contributed by atoms with van der Waals surface area (Å²) in [6.07, 6.45) is 39.7. The van der Waals surface area contributed by atoms with Crippen molar-refractivity contribution in [3.63, 3.8) is 0 Å². The fourth-order valence-electron chi connectivity index (χ4n) is 12.4. The number of nitrogens with zero attached hydrogens (tertiary/aromatic N) is 6. The van der Waals surface area contributed by atoms with Gasteiger partial charge in [0.25, 0.3) is 0 Å². The van der Waals surface area contributed by atoms with Crippen LogP contribution in [-0.2, 0) is 0 Å². The molecule has 522 valence electrons. The molecule has 0 fully saturated rings. The number of aromatic amines is 2. The second-order valence-corrected chi connectivity index (χ2v) is 35.4. The topological polar surface area (TPSA) is 109 Å². The normalized spacial score (nSPS) is 12.1. The highest BCUT2D eigenvalue weighted by Crippen LogP contribution is 2.47. The molecule has 7 aromatic rings. The third-order valence-corrected chi connectivity index (χ3v) is 27.8. The van der Waals surface area contributed by atoms with Crippen LogP contribution in [0.3, 0.4) is 0 Å². The zero-order valence-electron chi connectivity index (χ0n) is 59.9. The molecular formula is C80H114N8S8. The molecule has 0 saturated carbocycles. The largest absolute Gasteiger partial charge is 0.324 e. The molecule has 2 N–H and O–H groups in total. The lowest BCUT2D eigenvalue weighted by Gasteiger charge is -2.12. The van der Waals surface area contributed by atoms with Gasteiger partial charge in [-0.25, -0.2) is 29.9 Å². The number of rotatable bonds is 48. The first-order valence-corrected chi connectivity index (χ1v) is 45.8. The number of H-pyrrole nitrogens is 2. The smallest absolute Gasteiger partial charge is 0.164 e. The lowest BCUT2D eigenvalue weighted by atomic mass is 10.1. The van der Waals surface area contributed by atoms with Gasteiger partial charge in [-0.05, 0) is 146 Å². The molecule has 0 amide bonds. The van der Waals surface area contributed by atoms with Crippen molar-refractivity contribution in [1.82, 2.24) is 39.9 Å². The Morgan fingerprint density at radius 1 is 0.208 bits per heavy atom. The van der Waals surface area contributed by atoms with Gasteiger partial charge in [-0.1, -0.05) is 209 Å². The van der Waals surface area contributed by atoms with Crippen LogP contribution in [0, 0.1) is 0 Å². The average Bonchev–Trinajstić information content (AvgIpc) is 1.60.